The third-order valence-corrected chi connectivity index (χ3v) is 6.02. The SMILES string of the molecule is Cc1ccc(C2c3c(oc4ccc5ccccc5c4c3=O)C(=O)N2c2cc(C)on2)cc1. The molecule has 1 amide bonds. The molecule has 5 aromatic rings. The highest BCUT2D eigenvalue weighted by Crippen LogP contribution is 2.41. The van der Waals surface area contributed by atoms with Gasteiger partial charge in [0.25, 0.3) is 5.91 Å². The van der Waals surface area contributed by atoms with E-state index in [9.17, 15) is 9.59 Å². The van der Waals surface area contributed by atoms with Gasteiger partial charge in [0, 0.05) is 6.07 Å². The van der Waals surface area contributed by atoms with Gasteiger partial charge in [-0.15, -0.1) is 0 Å². The molecule has 0 saturated heterocycles. The summed E-state index contributed by atoms with van der Waals surface area (Å²) in [5.74, 6) is 0.551. The van der Waals surface area contributed by atoms with E-state index >= 15 is 0 Å². The lowest BCUT2D eigenvalue weighted by molar-refractivity contribution is 0.0969. The first-order valence-corrected chi connectivity index (χ1v) is 10.3. The van der Waals surface area contributed by atoms with E-state index in [-0.39, 0.29) is 11.2 Å². The van der Waals surface area contributed by atoms with E-state index in [1.807, 2.05) is 61.5 Å². The number of nitrogens with zero attached hydrogens (tertiary/aromatic N) is 2. The zero-order valence-electron chi connectivity index (χ0n) is 17.5. The van der Waals surface area contributed by atoms with E-state index in [1.54, 1.807) is 19.1 Å². The number of carbonyl (C=O) groups is 1. The maximum Gasteiger partial charge on any atom is 0.296 e. The minimum Gasteiger partial charge on any atom is -0.450 e. The van der Waals surface area contributed by atoms with Crippen molar-refractivity contribution in [3.8, 4) is 0 Å². The Morgan fingerprint density at radius 1 is 0.938 bits per heavy atom. The molecule has 3 heterocycles. The van der Waals surface area contributed by atoms with Crippen LogP contribution >= 0.6 is 0 Å². The number of anilines is 1. The summed E-state index contributed by atoms with van der Waals surface area (Å²) in [5.41, 5.74) is 2.39. The van der Waals surface area contributed by atoms with Crippen LogP contribution in [0.25, 0.3) is 21.7 Å². The first kappa shape index (κ1) is 18.6. The first-order chi connectivity index (χ1) is 15.5. The highest BCUT2D eigenvalue weighted by molar-refractivity contribution is 6.12. The normalized spacial score (nSPS) is 15.6. The van der Waals surface area contributed by atoms with Crippen LogP contribution in [0.2, 0.25) is 0 Å². The number of hydrogen-bond donors (Lipinski definition) is 0. The lowest BCUT2D eigenvalue weighted by atomic mass is 9.96. The van der Waals surface area contributed by atoms with Gasteiger partial charge in [0.05, 0.1) is 17.0 Å². The van der Waals surface area contributed by atoms with E-state index in [2.05, 4.69) is 5.16 Å². The Kier molecular flexibility index (Phi) is 3.86. The first-order valence-electron chi connectivity index (χ1n) is 10.3. The average Bonchev–Trinajstić information content (AvgIpc) is 3.35. The number of aromatic nitrogens is 1. The van der Waals surface area contributed by atoms with Crippen LogP contribution in [0.5, 0.6) is 0 Å². The molecule has 2 aromatic heterocycles. The van der Waals surface area contributed by atoms with Gasteiger partial charge in [-0.05, 0) is 36.2 Å². The Labute approximate surface area is 182 Å². The van der Waals surface area contributed by atoms with E-state index in [1.165, 1.54) is 4.90 Å². The van der Waals surface area contributed by atoms with Crippen LogP contribution in [0.3, 0.4) is 0 Å². The number of aryl methyl sites for hydroxylation is 2. The number of benzene rings is 3. The van der Waals surface area contributed by atoms with Gasteiger partial charge >= 0.3 is 0 Å². The second-order valence-corrected chi connectivity index (χ2v) is 8.12. The smallest absolute Gasteiger partial charge is 0.296 e. The molecule has 0 radical (unpaired) electrons. The Hall–Kier alpha value is -4.19. The molecule has 0 N–H and O–H groups in total. The molecule has 0 spiro atoms. The van der Waals surface area contributed by atoms with Crippen LogP contribution in [-0.2, 0) is 0 Å². The van der Waals surface area contributed by atoms with Gasteiger partial charge in [0.15, 0.2) is 11.2 Å². The molecule has 6 rings (SSSR count). The van der Waals surface area contributed by atoms with Crippen LogP contribution in [0.4, 0.5) is 5.82 Å². The highest BCUT2D eigenvalue weighted by Gasteiger charge is 2.45. The highest BCUT2D eigenvalue weighted by atomic mass is 16.5. The van der Waals surface area contributed by atoms with Crippen molar-refractivity contribution in [1.29, 1.82) is 0 Å². The maximum absolute atomic E-state index is 13.9. The van der Waals surface area contributed by atoms with Crippen LogP contribution in [0.1, 0.15) is 39.0 Å². The van der Waals surface area contributed by atoms with Crippen LogP contribution in [0, 0.1) is 13.8 Å². The Morgan fingerprint density at radius 3 is 2.47 bits per heavy atom. The Balaban J connectivity index is 1.70. The number of amides is 1. The molecule has 3 aromatic carbocycles. The number of hydrogen-bond acceptors (Lipinski definition) is 5. The van der Waals surface area contributed by atoms with Gasteiger partial charge in [-0.3, -0.25) is 14.5 Å². The fourth-order valence-electron chi connectivity index (χ4n) is 4.50. The van der Waals surface area contributed by atoms with Crippen molar-refractivity contribution >= 4 is 33.5 Å². The van der Waals surface area contributed by atoms with Crippen molar-refractivity contribution in [3.63, 3.8) is 0 Å². The molecule has 156 valence electrons. The van der Waals surface area contributed by atoms with Crippen molar-refractivity contribution in [2.24, 2.45) is 0 Å². The number of fused-ring (bicyclic) bond motifs is 4. The summed E-state index contributed by atoms with van der Waals surface area (Å²) in [4.78, 5) is 28.9. The molecule has 1 aliphatic heterocycles. The van der Waals surface area contributed by atoms with Crippen LogP contribution in [0.15, 0.2) is 80.5 Å². The predicted octanol–water partition coefficient (Wildman–Crippen LogP) is 5.30. The van der Waals surface area contributed by atoms with Crippen molar-refractivity contribution in [1.82, 2.24) is 5.16 Å². The van der Waals surface area contributed by atoms with Crippen molar-refractivity contribution in [2.45, 2.75) is 19.9 Å². The molecule has 1 unspecified atom stereocenters. The molecule has 0 bridgehead atoms. The topological polar surface area (TPSA) is 76.6 Å². The van der Waals surface area contributed by atoms with Crippen LogP contribution < -0.4 is 10.3 Å². The predicted molar refractivity (Wildman–Crippen MR) is 121 cm³/mol. The molecule has 6 heteroatoms. The molecular formula is C26H18N2O4. The molecule has 0 fully saturated rings. The van der Waals surface area contributed by atoms with Gasteiger partial charge in [0.1, 0.15) is 11.3 Å². The lowest BCUT2D eigenvalue weighted by Crippen LogP contribution is -2.29. The van der Waals surface area contributed by atoms with Gasteiger partial charge < -0.3 is 8.94 Å². The van der Waals surface area contributed by atoms with E-state index in [4.69, 9.17) is 8.94 Å². The fraction of sp³-hybridized carbons (Fsp3) is 0.115. The summed E-state index contributed by atoms with van der Waals surface area (Å²) in [6.07, 6.45) is 0. The maximum atomic E-state index is 13.9. The molecule has 32 heavy (non-hydrogen) atoms. The third-order valence-electron chi connectivity index (χ3n) is 6.02. The summed E-state index contributed by atoms with van der Waals surface area (Å²) >= 11 is 0. The van der Waals surface area contributed by atoms with Crippen molar-refractivity contribution in [2.75, 3.05) is 4.90 Å². The standard InChI is InChI=1S/C26H18N2O4/c1-14-7-9-17(10-8-14)23-22-24(29)21-18-6-4-3-5-16(18)11-12-19(21)31-25(22)26(30)28(23)20-13-15(2)32-27-20/h3-13,23H,1-2H3. The summed E-state index contributed by atoms with van der Waals surface area (Å²) < 4.78 is 11.3. The number of carbonyl (C=O) groups excluding carboxylic acids is 1. The second-order valence-electron chi connectivity index (χ2n) is 8.12. The van der Waals surface area contributed by atoms with Gasteiger partial charge in [-0.2, -0.15) is 0 Å². The lowest BCUT2D eigenvalue weighted by Gasteiger charge is -2.22. The summed E-state index contributed by atoms with van der Waals surface area (Å²) in [7, 11) is 0. The summed E-state index contributed by atoms with van der Waals surface area (Å²) in [6, 6.07) is 20.1. The van der Waals surface area contributed by atoms with Gasteiger partial charge in [0.2, 0.25) is 5.76 Å². The summed E-state index contributed by atoms with van der Waals surface area (Å²) in [5, 5.41) is 6.27. The summed E-state index contributed by atoms with van der Waals surface area (Å²) in [6.45, 7) is 3.75. The zero-order chi connectivity index (χ0) is 22.0. The van der Waals surface area contributed by atoms with E-state index < -0.39 is 11.9 Å². The van der Waals surface area contributed by atoms with E-state index in [0.29, 0.717) is 28.1 Å². The third kappa shape index (κ3) is 2.56. The van der Waals surface area contributed by atoms with Crippen molar-refractivity contribution < 1.29 is 13.7 Å². The molecular weight excluding hydrogens is 404 g/mol. The quantitative estimate of drug-likeness (QED) is 0.361. The van der Waals surface area contributed by atoms with E-state index in [0.717, 1.165) is 21.9 Å². The molecule has 0 aliphatic carbocycles. The second kappa shape index (κ2) is 6.65. The van der Waals surface area contributed by atoms with Gasteiger partial charge in [-0.25, -0.2) is 0 Å². The molecule has 1 aliphatic rings. The molecule has 0 saturated carbocycles. The fourth-order valence-corrected chi connectivity index (χ4v) is 4.50. The van der Waals surface area contributed by atoms with Gasteiger partial charge in [-0.1, -0.05) is 65.3 Å². The Bertz CT molecular complexity index is 1590. The monoisotopic (exact) mass is 422 g/mol. The Morgan fingerprint density at radius 2 is 1.72 bits per heavy atom. The largest absolute Gasteiger partial charge is 0.450 e. The molecule has 6 nitrogen and oxygen atoms in total. The minimum absolute atomic E-state index is 0.0454. The minimum atomic E-state index is -0.665. The number of rotatable bonds is 2. The molecule has 1 atom stereocenters. The average molecular weight is 422 g/mol. The zero-order valence-corrected chi connectivity index (χ0v) is 17.5. The van der Waals surface area contributed by atoms with Crippen LogP contribution in [-0.4, -0.2) is 11.1 Å². The van der Waals surface area contributed by atoms with Crippen molar-refractivity contribution in [3.05, 3.63) is 105 Å².